The lowest BCUT2D eigenvalue weighted by Crippen LogP contribution is -2.44. The highest BCUT2D eigenvalue weighted by Crippen LogP contribution is 2.37. The van der Waals surface area contributed by atoms with Crippen LogP contribution >= 0.6 is 0 Å². The highest BCUT2D eigenvalue weighted by molar-refractivity contribution is 6.01. The molecule has 190 valence electrons. The third-order valence-corrected chi connectivity index (χ3v) is 7.40. The molecule has 0 aliphatic carbocycles. The Hall–Kier alpha value is -4.52. The minimum Gasteiger partial charge on any atom is -0.308 e. The third-order valence-electron chi connectivity index (χ3n) is 7.40. The van der Waals surface area contributed by atoms with Gasteiger partial charge in [-0.3, -0.25) is 9.36 Å². The highest BCUT2D eigenvalue weighted by Gasteiger charge is 2.35. The second-order valence-corrected chi connectivity index (χ2v) is 9.70. The zero-order valence-electron chi connectivity index (χ0n) is 21.0. The molecule has 6 nitrogen and oxygen atoms in total. The van der Waals surface area contributed by atoms with Gasteiger partial charge in [-0.15, -0.1) is 0 Å². The lowest BCUT2D eigenvalue weighted by molar-refractivity contribution is 0.140. The van der Waals surface area contributed by atoms with Crippen LogP contribution in [0, 0.1) is 5.82 Å². The fraction of sp³-hybridized carbons (Fsp3) is 0.194. The summed E-state index contributed by atoms with van der Waals surface area (Å²) in [5.74, 6) is 0.0503. The largest absolute Gasteiger partial charge is 0.322 e. The number of nitrogens with zero attached hydrogens (tertiary/aromatic N) is 3. The molecular weight excluding hydrogens is 479 g/mol. The first-order chi connectivity index (χ1) is 18.5. The molecule has 1 aliphatic heterocycles. The van der Waals surface area contributed by atoms with Crippen LogP contribution < -0.4 is 10.9 Å². The van der Waals surface area contributed by atoms with Crippen molar-refractivity contribution >= 4 is 33.4 Å². The van der Waals surface area contributed by atoms with Gasteiger partial charge < -0.3 is 10.2 Å². The quantitative estimate of drug-likeness (QED) is 0.291. The first-order valence-electron chi connectivity index (χ1n) is 12.8. The topological polar surface area (TPSA) is 67.2 Å². The Kier molecular flexibility index (Phi) is 6.12. The molecule has 6 rings (SSSR count). The summed E-state index contributed by atoms with van der Waals surface area (Å²) in [5.41, 5.74) is 1.84. The van der Waals surface area contributed by atoms with E-state index in [1.807, 2.05) is 79.7 Å². The average Bonchev–Trinajstić information content (AvgIpc) is 2.95. The highest BCUT2D eigenvalue weighted by atomic mass is 19.1. The van der Waals surface area contributed by atoms with E-state index in [0.29, 0.717) is 36.4 Å². The maximum Gasteiger partial charge on any atom is 0.322 e. The summed E-state index contributed by atoms with van der Waals surface area (Å²) in [4.78, 5) is 34.1. The van der Waals surface area contributed by atoms with Gasteiger partial charge in [0.2, 0.25) is 0 Å². The molecular formula is C31H27FN4O2. The van der Waals surface area contributed by atoms with Gasteiger partial charge in [-0.1, -0.05) is 66.7 Å². The number of anilines is 1. The van der Waals surface area contributed by atoms with Crippen molar-refractivity contribution in [3.63, 3.8) is 0 Å². The van der Waals surface area contributed by atoms with Crippen molar-refractivity contribution in [2.45, 2.75) is 38.4 Å². The van der Waals surface area contributed by atoms with Crippen molar-refractivity contribution in [2.24, 2.45) is 0 Å². The van der Waals surface area contributed by atoms with Gasteiger partial charge in [0.1, 0.15) is 11.6 Å². The molecule has 1 N–H and O–H groups in total. The SMILES string of the molecule is CC(c1ccccc1)N(C(=O)Nc1cccc2ccccc12)C1CCCn2c1nc1ccc(F)cc1c2=O. The van der Waals surface area contributed by atoms with E-state index in [1.54, 1.807) is 9.47 Å². The zero-order valence-corrected chi connectivity index (χ0v) is 21.0. The molecule has 5 aromatic rings. The third kappa shape index (κ3) is 4.20. The number of benzene rings is 4. The van der Waals surface area contributed by atoms with Gasteiger partial charge >= 0.3 is 6.03 Å². The van der Waals surface area contributed by atoms with Crippen molar-refractivity contribution in [1.29, 1.82) is 0 Å². The molecule has 2 unspecified atom stereocenters. The molecule has 4 aromatic carbocycles. The van der Waals surface area contributed by atoms with Crippen LogP contribution in [0.4, 0.5) is 14.9 Å². The second-order valence-electron chi connectivity index (χ2n) is 9.70. The van der Waals surface area contributed by atoms with Crippen LogP contribution in [0.3, 0.4) is 0 Å². The molecule has 0 fully saturated rings. The Balaban J connectivity index is 1.47. The van der Waals surface area contributed by atoms with Crippen LogP contribution in [0.15, 0.2) is 95.8 Å². The number of carbonyl (C=O) groups excluding carboxylic acids is 1. The number of aromatic nitrogens is 2. The van der Waals surface area contributed by atoms with Crippen molar-refractivity contribution in [2.75, 3.05) is 5.32 Å². The van der Waals surface area contributed by atoms with E-state index in [-0.39, 0.29) is 23.0 Å². The molecule has 7 heteroatoms. The number of hydrogen-bond acceptors (Lipinski definition) is 3. The summed E-state index contributed by atoms with van der Waals surface area (Å²) >= 11 is 0. The number of rotatable bonds is 4. The predicted octanol–water partition coefficient (Wildman–Crippen LogP) is 6.82. The zero-order chi connectivity index (χ0) is 26.2. The molecule has 2 atom stereocenters. The van der Waals surface area contributed by atoms with Crippen LogP contribution in [-0.2, 0) is 6.54 Å². The smallest absolute Gasteiger partial charge is 0.308 e. The standard InChI is InChI=1S/C31H27FN4O2/c1-20(21-9-3-2-4-10-21)36(31(38)34-26-14-7-12-22-11-5-6-13-24(22)26)28-15-8-18-35-29(28)33-27-17-16-23(32)19-25(27)30(35)37/h2-7,9-14,16-17,19-20,28H,8,15,18H2,1H3,(H,34,38). The molecule has 0 bridgehead atoms. The maximum absolute atomic E-state index is 14.1. The van der Waals surface area contributed by atoms with Crippen molar-refractivity contribution in [3.05, 3.63) is 119 Å². The lowest BCUT2D eigenvalue weighted by atomic mass is 9.99. The summed E-state index contributed by atoms with van der Waals surface area (Å²) in [7, 11) is 0. The summed E-state index contributed by atoms with van der Waals surface area (Å²) in [6.45, 7) is 2.47. The summed E-state index contributed by atoms with van der Waals surface area (Å²) in [6, 6.07) is 26.6. The normalized spacial score (nSPS) is 15.7. The van der Waals surface area contributed by atoms with E-state index in [0.717, 1.165) is 16.3 Å². The molecule has 1 aliphatic rings. The van der Waals surface area contributed by atoms with Crippen LogP contribution in [0.25, 0.3) is 21.7 Å². The number of urea groups is 1. The van der Waals surface area contributed by atoms with Gasteiger partial charge in [0, 0.05) is 11.9 Å². The number of halogens is 1. The predicted molar refractivity (Wildman–Crippen MR) is 148 cm³/mol. The van der Waals surface area contributed by atoms with Gasteiger partial charge in [0.05, 0.1) is 28.7 Å². The molecule has 0 saturated heterocycles. The van der Waals surface area contributed by atoms with E-state index in [4.69, 9.17) is 4.98 Å². The fourth-order valence-electron chi connectivity index (χ4n) is 5.51. The lowest BCUT2D eigenvalue weighted by Gasteiger charge is -2.39. The fourth-order valence-corrected chi connectivity index (χ4v) is 5.51. The van der Waals surface area contributed by atoms with Crippen molar-refractivity contribution in [3.8, 4) is 0 Å². The maximum atomic E-state index is 14.1. The number of fused-ring (bicyclic) bond motifs is 3. The van der Waals surface area contributed by atoms with E-state index in [2.05, 4.69) is 5.32 Å². The van der Waals surface area contributed by atoms with Crippen molar-refractivity contribution in [1.82, 2.24) is 14.5 Å². The first-order valence-corrected chi connectivity index (χ1v) is 12.8. The van der Waals surface area contributed by atoms with E-state index < -0.39 is 11.9 Å². The van der Waals surface area contributed by atoms with Gasteiger partial charge in [0.25, 0.3) is 5.56 Å². The molecule has 0 spiro atoms. The Morgan fingerprint density at radius 1 is 1.00 bits per heavy atom. The molecule has 1 aromatic heterocycles. The minimum absolute atomic E-state index is 0.247. The van der Waals surface area contributed by atoms with Gasteiger partial charge in [0.15, 0.2) is 0 Å². The van der Waals surface area contributed by atoms with Crippen LogP contribution in [-0.4, -0.2) is 20.5 Å². The first kappa shape index (κ1) is 23.9. The summed E-state index contributed by atoms with van der Waals surface area (Å²) in [5, 5.41) is 5.37. The Bertz CT molecular complexity index is 1710. The molecule has 2 amide bonds. The average molecular weight is 507 g/mol. The number of hydrogen-bond donors (Lipinski definition) is 1. The summed E-state index contributed by atoms with van der Waals surface area (Å²) < 4.78 is 15.5. The number of nitrogens with one attached hydrogen (secondary N) is 1. The van der Waals surface area contributed by atoms with E-state index in [9.17, 15) is 14.0 Å². The Morgan fingerprint density at radius 3 is 2.61 bits per heavy atom. The van der Waals surface area contributed by atoms with Crippen LogP contribution in [0.2, 0.25) is 0 Å². The van der Waals surface area contributed by atoms with Crippen LogP contribution in [0.1, 0.15) is 43.2 Å². The monoisotopic (exact) mass is 506 g/mol. The van der Waals surface area contributed by atoms with Crippen LogP contribution in [0.5, 0.6) is 0 Å². The number of amides is 2. The van der Waals surface area contributed by atoms with Gasteiger partial charge in [-0.25, -0.2) is 14.2 Å². The van der Waals surface area contributed by atoms with E-state index in [1.165, 1.54) is 18.2 Å². The molecule has 38 heavy (non-hydrogen) atoms. The summed E-state index contributed by atoms with van der Waals surface area (Å²) in [6.07, 6.45) is 1.35. The van der Waals surface area contributed by atoms with E-state index >= 15 is 0 Å². The minimum atomic E-state index is -0.474. The number of carbonyl (C=O) groups is 1. The van der Waals surface area contributed by atoms with Gasteiger partial charge in [-0.2, -0.15) is 0 Å². The second kappa shape index (κ2) is 9.74. The molecule has 0 radical (unpaired) electrons. The van der Waals surface area contributed by atoms with Gasteiger partial charge in [-0.05, 0) is 55.0 Å². The Morgan fingerprint density at radius 2 is 1.76 bits per heavy atom. The molecule has 2 heterocycles. The Labute approximate surface area is 219 Å². The molecule has 0 saturated carbocycles. The van der Waals surface area contributed by atoms with Crippen molar-refractivity contribution < 1.29 is 9.18 Å².